The number of nitrogens with zero attached hydrogens (tertiary/aromatic N) is 2. The number of amides is 2. The molecule has 2 N–H and O–H groups in total. The molecule has 0 fully saturated rings. The molecule has 32 heavy (non-hydrogen) atoms. The van der Waals surface area contributed by atoms with Crippen LogP contribution in [0.25, 0.3) is 10.9 Å². The lowest BCUT2D eigenvalue weighted by molar-refractivity contribution is -0.127. The second-order valence-corrected chi connectivity index (χ2v) is 9.87. The van der Waals surface area contributed by atoms with Crippen LogP contribution in [0.3, 0.4) is 0 Å². The zero-order chi connectivity index (χ0) is 22.6. The Morgan fingerprint density at radius 2 is 2.00 bits per heavy atom. The van der Waals surface area contributed by atoms with E-state index in [2.05, 4.69) is 31.4 Å². The normalized spacial score (nSPS) is 18.3. The summed E-state index contributed by atoms with van der Waals surface area (Å²) in [6.45, 7) is 5.65. The van der Waals surface area contributed by atoms with Crippen molar-refractivity contribution in [3.05, 3.63) is 69.5 Å². The minimum Gasteiger partial charge on any atom is -0.443 e. The highest BCUT2D eigenvalue weighted by molar-refractivity contribution is 9.10. The molecule has 3 heterocycles. The van der Waals surface area contributed by atoms with Gasteiger partial charge in [-0.3, -0.25) is 9.89 Å². The molecule has 2 aromatic carbocycles. The average molecular weight is 495 g/mol. The molecule has 0 spiro atoms. The second kappa shape index (κ2) is 7.48. The number of halogens is 1. The Hall–Kier alpha value is -3.13. The number of rotatable bonds is 1. The lowest BCUT2D eigenvalue weighted by Gasteiger charge is -2.38. The fraction of sp³-hybridized carbons (Fsp3) is 0.292. The molecule has 2 aliphatic rings. The van der Waals surface area contributed by atoms with Gasteiger partial charge in [-0.1, -0.05) is 34.1 Å². The van der Waals surface area contributed by atoms with Crippen LogP contribution >= 0.6 is 15.9 Å². The van der Waals surface area contributed by atoms with Crippen molar-refractivity contribution in [2.24, 2.45) is 0 Å². The molecule has 1 atom stereocenters. The SMILES string of the molecule is CC(C)(C)OC(=O)N1CCC2=C(C1=O)C(c1ccccc1Br)c1c(ccc3cn[nH]c13)N2. The molecular formula is C24H23BrN4O3. The topological polar surface area (TPSA) is 87.3 Å². The molecule has 1 unspecified atom stereocenters. The van der Waals surface area contributed by atoms with Gasteiger partial charge in [0, 0.05) is 51.3 Å². The smallest absolute Gasteiger partial charge is 0.417 e. The number of aromatic nitrogens is 2. The number of nitrogens with one attached hydrogen (secondary N) is 2. The van der Waals surface area contributed by atoms with Gasteiger partial charge in [-0.05, 0) is 44.5 Å². The third kappa shape index (κ3) is 3.39. The van der Waals surface area contributed by atoms with Gasteiger partial charge in [-0.25, -0.2) is 9.69 Å². The number of H-pyrrole nitrogens is 1. The van der Waals surface area contributed by atoms with E-state index >= 15 is 0 Å². The number of benzene rings is 2. The van der Waals surface area contributed by atoms with E-state index in [4.69, 9.17) is 4.74 Å². The quantitative estimate of drug-likeness (QED) is 0.478. The number of fused-ring (bicyclic) bond motifs is 3. The van der Waals surface area contributed by atoms with Crippen LogP contribution in [0.2, 0.25) is 0 Å². The molecule has 2 aliphatic heterocycles. The summed E-state index contributed by atoms with van der Waals surface area (Å²) in [7, 11) is 0. The van der Waals surface area contributed by atoms with E-state index < -0.39 is 11.7 Å². The van der Waals surface area contributed by atoms with Gasteiger partial charge in [0.1, 0.15) is 5.60 Å². The summed E-state index contributed by atoms with van der Waals surface area (Å²) in [6.07, 6.45) is 1.68. The fourth-order valence-electron chi connectivity index (χ4n) is 4.42. The summed E-state index contributed by atoms with van der Waals surface area (Å²) in [4.78, 5) is 27.8. The predicted molar refractivity (Wildman–Crippen MR) is 125 cm³/mol. The van der Waals surface area contributed by atoms with Crippen LogP contribution in [-0.4, -0.2) is 39.2 Å². The Balaban J connectivity index is 1.68. The molecule has 5 rings (SSSR count). The van der Waals surface area contributed by atoms with Crippen molar-refractivity contribution in [1.29, 1.82) is 0 Å². The number of imide groups is 1. The molecule has 1 aromatic heterocycles. The molecule has 7 nitrogen and oxygen atoms in total. The van der Waals surface area contributed by atoms with Crippen molar-refractivity contribution >= 4 is 44.5 Å². The Labute approximate surface area is 193 Å². The van der Waals surface area contributed by atoms with Gasteiger partial charge in [0.2, 0.25) is 0 Å². The van der Waals surface area contributed by atoms with Gasteiger partial charge in [0.15, 0.2) is 0 Å². The summed E-state index contributed by atoms with van der Waals surface area (Å²) in [5, 5.41) is 11.7. The van der Waals surface area contributed by atoms with Crippen molar-refractivity contribution in [2.45, 2.75) is 38.7 Å². The number of hydrogen-bond acceptors (Lipinski definition) is 5. The van der Waals surface area contributed by atoms with Crippen LogP contribution in [-0.2, 0) is 9.53 Å². The maximum absolute atomic E-state index is 13.8. The first-order valence-corrected chi connectivity index (χ1v) is 11.3. The highest BCUT2D eigenvalue weighted by Gasteiger charge is 2.42. The molecule has 8 heteroatoms. The number of anilines is 1. The van der Waals surface area contributed by atoms with Crippen molar-refractivity contribution in [1.82, 2.24) is 15.1 Å². The zero-order valence-electron chi connectivity index (χ0n) is 18.0. The van der Waals surface area contributed by atoms with E-state index in [0.717, 1.165) is 37.9 Å². The summed E-state index contributed by atoms with van der Waals surface area (Å²) >= 11 is 3.67. The monoisotopic (exact) mass is 494 g/mol. The predicted octanol–water partition coefficient (Wildman–Crippen LogP) is 5.30. The molecule has 164 valence electrons. The number of carbonyl (C=O) groups is 2. The Kier molecular flexibility index (Phi) is 4.85. The lowest BCUT2D eigenvalue weighted by Crippen LogP contribution is -2.47. The van der Waals surface area contributed by atoms with Crippen LogP contribution in [0, 0.1) is 0 Å². The standard InChI is InChI=1S/C24H23BrN4O3/c1-24(2,3)32-23(31)29-11-10-17-20(22(29)30)18(14-6-4-5-7-15(14)25)19-16(27-17)9-8-13-12-26-28-21(13)19/h4-9,12,18,27H,10-11H2,1-3H3,(H,26,28). The first kappa shape index (κ1) is 20.8. The largest absolute Gasteiger partial charge is 0.443 e. The first-order valence-electron chi connectivity index (χ1n) is 10.5. The van der Waals surface area contributed by atoms with E-state index in [1.54, 1.807) is 27.0 Å². The molecular weight excluding hydrogens is 472 g/mol. The average Bonchev–Trinajstić information content (AvgIpc) is 3.21. The Morgan fingerprint density at radius 3 is 2.75 bits per heavy atom. The first-order chi connectivity index (χ1) is 15.2. The van der Waals surface area contributed by atoms with Gasteiger partial charge in [-0.2, -0.15) is 5.10 Å². The molecule has 0 saturated carbocycles. The van der Waals surface area contributed by atoms with Crippen LogP contribution in [0.1, 0.15) is 44.2 Å². The summed E-state index contributed by atoms with van der Waals surface area (Å²) < 4.78 is 6.41. The van der Waals surface area contributed by atoms with Gasteiger partial charge in [-0.15, -0.1) is 0 Å². The molecule has 0 aliphatic carbocycles. The molecule has 0 bridgehead atoms. The summed E-state index contributed by atoms with van der Waals surface area (Å²) in [5.74, 6) is -0.713. The zero-order valence-corrected chi connectivity index (χ0v) is 19.6. The molecule has 0 radical (unpaired) electrons. The van der Waals surface area contributed by atoms with E-state index in [1.165, 1.54) is 4.90 Å². The maximum Gasteiger partial charge on any atom is 0.417 e. The van der Waals surface area contributed by atoms with Gasteiger partial charge in [0.25, 0.3) is 5.91 Å². The van der Waals surface area contributed by atoms with E-state index in [1.807, 2.05) is 36.4 Å². The minimum atomic E-state index is -0.687. The van der Waals surface area contributed by atoms with Crippen LogP contribution in [0.4, 0.5) is 10.5 Å². The fourth-order valence-corrected chi connectivity index (χ4v) is 4.94. The van der Waals surface area contributed by atoms with Crippen molar-refractivity contribution in [2.75, 3.05) is 11.9 Å². The molecule has 2 amide bonds. The van der Waals surface area contributed by atoms with Crippen LogP contribution < -0.4 is 5.32 Å². The van der Waals surface area contributed by atoms with E-state index in [0.29, 0.717) is 12.0 Å². The summed E-state index contributed by atoms with van der Waals surface area (Å²) in [6, 6.07) is 11.9. The Bertz CT molecular complexity index is 1290. The minimum absolute atomic E-state index is 0.268. The second-order valence-electron chi connectivity index (χ2n) is 9.02. The third-order valence-electron chi connectivity index (χ3n) is 5.74. The van der Waals surface area contributed by atoms with Crippen molar-refractivity contribution < 1.29 is 14.3 Å². The third-order valence-corrected chi connectivity index (χ3v) is 6.46. The van der Waals surface area contributed by atoms with Crippen LogP contribution in [0.15, 0.2) is 58.3 Å². The number of aromatic amines is 1. The number of ether oxygens (including phenoxy) is 1. The lowest BCUT2D eigenvalue weighted by atomic mass is 9.78. The van der Waals surface area contributed by atoms with Crippen molar-refractivity contribution in [3.63, 3.8) is 0 Å². The van der Waals surface area contributed by atoms with E-state index in [9.17, 15) is 9.59 Å². The number of hydrogen-bond donors (Lipinski definition) is 2. The van der Waals surface area contributed by atoms with E-state index in [-0.39, 0.29) is 18.4 Å². The van der Waals surface area contributed by atoms with Gasteiger partial charge >= 0.3 is 6.09 Å². The highest BCUT2D eigenvalue weighted by Crippen LogP contribution is 2.48. The molecule has 3 aromatic rings. The molecule has 0 saturated heterocycles. The highest BCUT2D eigenvalue weighted by atomic mass is 79.9. The van der Waals surface area contributed by atoms with Gasteiger partial charge in [0.05, 0.1) is 11.7 Å². The summed E-state index contributed by atoms with van der Waals surface area (Å²) in [5.41, 5.74) is 4.39. The number of carbonyl (C=O) groups excluding carboxylic acids is 2. The van der Waals surface area contributed by atoms with Crippen molar-refractivity contribution in [3.8, 4) is 0 Å². The van der Waals surface area contributed by atoms with Crippen LogP contribution in [0.5, 0.6) is 0 Å². The Morgan fingerprint density at radius 1 is 1.22 bits per heavy atom. The maximum atomic E-state index is 13.8. The van der Waals surface area contributed by atoms with Gasteiger partial charge < -0.3 is 10.1 Å².